The number of unbranched alkanes of at least 4 members (excludes halogenated alkanes) is 2. The van der Waals surface area contributed by atoms with Crippen molar-refractivity contribution in [3.8, 4) is 5.75 Å². The molecule has 0 radical (unpaired) electrons. The Balaban J connectivity index is 2.63. The van der Waals surface area contributed by atoms with Crippen LogP contribution >= 0.6 is 0 Å². The smallest absolute Gasteiger partial charge is 0.406 e. The van der Waals surface area contributed by atoms with E-state index in [1.807, 2.05) is 0 Å². The van der Waals surface area contributed by atoms with Crippen LogP contribution in [0, 0.1) is 0 Å². The van der Waals surface area contributed by atoms with Gasteiger partial charge in [0.2, 0.25) is 0 Å². The fourth-order valence-electron chi connectivity index (χ4n) is 1.72. The Labute approximate surface area is 105 Å². The number of alkyl halides is 3. The molecule has 1 atom stereocenters. The zero-order valence-electron chi connectivity index (χ0n) is 10.3. The van der Waals surface area contributed by atoms with Gasteiger partial charge >= 0.3 is 6.36 Å². The highest BCUT2D eigenvalue weighted by atomic mass is 19.4. The fourth-order valence-corrected chi connectivity index (χ4v) is 1.72. The summed E-state index contributed by atoms with van der Waals surface area (Å²) in [5.41, 5.74) is 6.61. The highest BCUT2D eigenvalue weighted by Crippen LogP contribution is 2.26. The number of hydrogen-bond donors (Lipinski definition) is 1. The fraction of sp³-hybridized carbons (Fsp3) is 0.538. The first-order chi connectivity index (χ1) is 8.42. The predicted octanol–water partition coefficient (Wildman–Crippen LogP) is 4.17. The van der Waals surface area contributed by atoms with Gasteiger partial charge < -0.3 is 10.5 Å². The summed E-state index contributed by atoms with van der Waals surface area (Å²) in [6.45, 7) is 2.09. The van der Waals surface area contributed by atoms with E-state index in [4.69, 9.17) is 5.73 Å². The first-order valence-corrected chi connectivity index (χ1v) is 6.03. The minimum atomic E-state index is -4.66. The van der Waals surface area contributed by atoms with Crippen molar-refractivity contribution < 1.29 is 17.9 Å². The van der Waals surface area contributed by atoms with Crippen LogP contribution in [0.4, 0.5) is 13.2 Å². The lowest BCUT2D eigenvalue weighted by Gasteiger charge is -2.14. The van der Waals surface area contributed by atoms with Gasteiger partial charge in [-0.25, -0.2) is 0 Å². The summed E-state index contributed by atoms with van der Waals surface area (Å²) in [7, 11) is 0. The SMILES string of the molecule is CCCCCC(N)c1cccc(OC(F)(F)F)c1. The maximum Gasteiger partial charge on any atom is 0.573 e. The molecule has 0 amide bonds. The van der Waals surface area contributed by atoms with E-state index in [9.17, 15) is 13.2 Å². The lowest BCUT2D eigenvalue weighted by molar-refractivity contribution is -0.274. The molecule has 0 aliphatic rings. The number of nitrogens with two attached hydrogens (primary N) is 1. The molecule has 1 aromatic carbocycles. The molecular weight excluding hydrogens is 243 g/mol. The van der Waals surface area contributed by atoms with Crippen molar-refractivity contribution in [2.45, 2.75) is 45.0 Å². The molecule has 0 fully saturated rings. The Morgan fingerprint density at radius 1 is 1.28 bits per heavy atom. The van der Waals surface area contributed by atoms with E-state index < -0.39 is 6.36 Å². The summed E-state index contributed by atoms with van der Waals surface area (Å²) in [5.74, 6) is -0.217. The largest absolute Gasteiger partial charge is 0.573 e. The van der Waals surface area contributed by atoms with Gasteiger partial charge in [0.1, 0.15) is 5.75 Å². The van der Waals surface area contributed by atoms with Crippen molar-refractivity contribution in [1.82, 2.24) is 0 Å². The van der Waals surface area contributed by atoms with Crippen molar-refractivity contribution in [1.29, 1.82) is 0 Å². The van der Waals surface area contributed by atoms with Crippen LogP contribution in [0.1, 0.15) is 44.2 Å². The standard InChI is InChI=1S/C13H18F3NO/c1-2-3-4-8-12(17)10-6-5-7-11(9-10)18-13(14,15)16/h5-7,9,12H,2-4,8,17H2,1H3. The highest BCUT2D eigenvalue weighted by molar-refractivity contribution is 5.30. The van der Waals surface area contributed by atoms with E-state index >= 15 is 0 Å². The van der Waals surface area contributed by atoms with Gasteiger partial charge in [-0.15, -0.1) is 13.2 Å². The predicted molar refractivity (Wildman–Crippen MR) is 64.2 cm³/mol. The summed E-state index contributed by atoms with van der Waals surface area (Å²) in [4.78, 5) is 0. The molecule has 0 spiro atoms. The molecule has 5 heteroatoms. The molecule has 1 rings (SSSR count). The van der Waals surface area contributed by atoms with Gasteiger partial charge in [-0.05, 0) is 24.1 Å². The van der Waals surface area contributed by atoms with Crippen LogP contribution in [-0.4, -0.2) is 6.36 Å². The number of halogens is 3. The molecule has 0 bridgehead atoms. The number of ether oxygens (including phenoxy) is 1. The maximum atomic E-state index is 12.1. The van der Waals surface area contributed by atoms with Crippen LogP contribution in [0.3, 0.4) is 0 Å². The lowest BCUT2D eigenvalue weighted by Crippen LogP contribution is -2.17. The third kappa shape index (κ3) is 5.40. The lowest BCUT2D eigenvalue weighted by atomic mass is 10.0. The summed E-state index contributed by atoms with van der Waals surface area (Å²) in [6.07, 6.45) is -0.757. The van der Waals surface area contributed by atoms with E-state index in [1.165, 1.54) is 18.2 Å². The average Bonchev–Trinajstić information content (AvgIpc) is 2.27. The second-order valence-electron chi connectivity index (χ2n) is 4.22. The molecule has 0 saturated carbocycles. The Morgan fingerprint density at radius 3 is 2.61 bits per heavy atom. The van der Waals surface area contributed by atoms with E-state index in [1.54, 1.807) is 6.07 Å². The van der Waals surface area contributed by atoms with Crippen LogP contribution in [0.25, 0.3) is 0 Å². The molecule has 1 aromatic rings. The second-order valence-corrected chi connectivity index (χ2v) is 4.22. The molecule has 0 aliphatic heterocycles. The zero-order valence-corrected chi connectivity index (χ0v) is 10.3. The zero-order chi connectivity index (χ0) is 13.6. The molecule has 2 N–H and O–H groups in total. The summed E-state index contributed by atoms with van der Waals surface area (Å²) >= 11 is 0. The minimum Gasteiger partial charge on any atom is -0.406 e. The van der Waals surface area contributed by atoms with Crippen LogP contribution in [0.15, 0.2) is 24.3 Å². The Kier molecular flexibility index (Phi) is 5.47. The molecule has 2 nitrogen and oxygen atoms in total. The van der Waals surface area contributed by atoms with Gasteiger partial charge in [0.15, 0.2) is 0 Å². The van der Waals surface area contributed by atoms with E-state index in [2.05, 4.69) is 11.7 Å². The van der Waals surface area contributed by atoms with Gasteiger partial charge in [0.25, 0.3) is 0 Å². The van der Waals surface area contributed by atoms with E-state index in [0.717, 1.165) is 25.7 Å². The molecule has 102 valence electrons. The third-order valence-electron chi connectivity index (χ3n) is 2.64. The monoisotopic (exact) mass is 261 g/mol. The van der Waals surface area contributed by atoms with Crippen LogP contribution in [0.5, 0.6) is 5.75 Å². The van der Waals surface area contributed by atoms with E-state index in [0.29, 0.717) is 5.56 Å². The Morgan fingerprint density at radius 2 is 2.00 bits per heavy atom. The van der Waals surface area contributed by atoms with Gasteiger partial charge in [0.05, 0.1) is 0 Å². The van der Waals surface area contributed by atoms with Gasteiger partial charge in [-0.2, -0.15) is 0 Å². The summed E-state index contributed by atoms with van der Waals surface area (Å²) in [5, 5.41) is 0. The van der Waals surface area contributed by atoms with E-state index in [-0.39, 0.29) is 11.8 Å². The quantitative estimate of drug-likeness (QED) is 0.780. The number of benzene rings is 1. The minimum absolute atomic E-state index is 0.217. The Bertz CT molecular complexity index is 365. The molecular formula is C13H18F3NO. The van der Waals surface area contributed by atoms with Crippen molar-refractivity contribution in [2.24, 2.45) is 5.73 Å². The number of hydrogen-bond acceptors (Lipinski definition) is 2. The van der Waals surface area contributed by atoms with Crippen LogP contribution in [-0.2, 0) is 0 Å². The molecule has 0 saturated heterocycles. The maximum absolute atomic E-state index is 12.1. The van der Waals surface area contributed by atoms with Gasteiger partial charge in [-0.3, -0.25) is 0 Å². The van der Waals surface area contributed by atoms with Crippen molar-refractivity contribution in [2.75, 3.05) is 0 Å². The molecule has 0 aliphatic carbocycles. The summed E-state index contributed by atoms with van der Waals surface area (Å²) < 4.78 is 40.1. The van der Waals surface area contributed by atoms with Crippen LogP contribution < -0.4 is 10.5 Å². The molecule has 0 heterocycles. The first-order valence-electron chi connectivity index (χ1n) is 6.03. The van der Waals surface area contributed by atoms with Crippen molar-refractivity contribution >= 4 is 0 Å². The Hall–Kier alpha value is -1.23. The van der Waals surface area contributed by atoms with Crippen LogP contribution in [0.2, 0.25) is 0 Å². The van der Waals surface area contributed by atoms with Crippen molar-refractivity contribution in [3.63, 3.8) is 0 Å². The summed E-state index contributed by atoms with van der Waals surface area (Å²) in [6, 6.07) is 5.63. The topological polar surface area (TPSA) is 35.2 Å². The molecule has 1 unspecified atom stereocenters. The number of rotatable bonds is 6. The highest BCUT2D eigenvalue weighted by Gasteiger charge is 2.31. The second kappa shape index (κ2) is 6.64. The van der Waals surface area contributed by atoms with Gasteiger partial charge in [-0.1, -0.05) is 38.3 Å². The van der Waals surface area contributed by atoms with Crippen molar-refractivity contribution in [3.05, 3.63) is 29.8 Å². The average molecular weight is 261 g/mol. The van der Waals surface area contributed by atoms with Gasteiger partial charge in [0, 0.05) is 6.04 Å². The normalized spacial score (nSPS) is 13.4. The first kappa shape index (κ1) is 14.8. The third-order valence-corrected chi connectivity index (χ3v) is 2.64. The molecule has 18 heavy (non-hydrogen) atoms. The molecule has 0 aromatic heterocycles.